The Labute approximate surface area is 196 Å². The molecule has 1 unspecified atom stereocenters. The fourth-order valence-electron chi connectivity index (χ4n) is 4.40. The van der Waals surface area contributed by atoms with Crippen molar-refractivity contribution in [1.82, 2.24) is 10.3 Å². The number of nitrogens with one attached hydrogen (secondary N) is 1. The van der Waals surface area contributed by atoms with Crippen LogP contribution in [0.1, 0.15) is 33.6 Å². The number of fused-ring (bicyclic) bond motifs is 1. The van der Waals surface area contributed by atoms with Gasteiger partial charge in [0.2, 0.25) is 0 Å². The third-order valence-corrected chi connectivity index (χ3v) is 6.16. The standard InChI is InChI=1S/C28H23FN2O3/c29-24-12-8-21(9-13-24)27(33)31-28(14-16-34-25-5-2-15-30-26(25)28)23-10-6-20(7-11-23)22-4-1-3-19(17-22)18-32/h1-13,15,17,32H,14,16,18H2,(H,31,33). The van der Waals surface area contributed by atoms with Crippen molar-refractivity contribution in [3.05, 3.63) is 119 Å². The molecule has 0 spiro atoms. The fourth-order valence-corrected chi connectivity index (χ4v) is 4.40. The highest BCUT2D eigenvalue weighted by atomic mass is 19.1. The van der Waals surface area contributed by atoms with Gasteiger partial charge in [0.1, 0.15) is 22.8 Å². The van der Waals surface area contributed by atoms with Gasteiger partial charge in [0, 0.05) is 18.2 Å². The molecule has 3 aromatic carbocycles. The number of amides is 1. The van der Waals surface area contributed by atoms with Gasteiger partial charge < -0.3 is 15.2 Å². The molecule has 0 saturated carbocycles. The van der Waals surface area contributed by atoms with Crippen LogP contribution in [0.15, 0.2) is 91.1 Å². The van der Waals surface area contributed by atoms with Crippen LogP contribution in [0.25, 0.3) is 11.1 Å². The average molecular weight is 455 g/mol. The number of carbonyl (C=O) groups is 1. The van der Waals surface area contributed by atoms with E-state index in [1.807, 2.05) is 54.6 Å². The number of carbonyl (C=O) groups excluding carboxylic acids is 1. The van der Waals surface area contributed by atoms with Crippen LogP contribution >= 0.6 is 0 Å². The molecule has 170 valence electrons. The van der Waals surface area contributed by atoms with E-state index in [1.54, 1.807) is 12.3 Å². The van der Waals surface area contributed by atoms with Crippen molar-refractivity contribution in [1.29, 1.82) is 0 Å². The molecular weight excluding hydrogens is 431 g/mol. The first kappa shape index (κ1) is 21.8. The molecule has 2 N–H and O–H groups in total. The van der Waals surface area contributed by atoms with Gasteiger partial charge in [-0.1, -0.05) is 42.5 Å². The molecule has 0 saturated heterocycles. The molecule has 1 amide bonds. The van der Waals surface area contributed by atoms with Crippen molar-refractivity contribution in [2.75, 3.05) is 6.61 Å². The number of aromatic nitrogens is 1. The van der Waals surface area contributed by atoms with E-state index in [1.165, 1.54) is 24.3 Å². The van der Waals surface area contributed by atoms with Crippen LogP contribution in [0.5, 0.6) is 5.75 Å². The van der Waals surface area contributed by atoms with E-state index in [0.29, 0.717) is 30.0 Å². The maximum Gasteiger partial charge on any atom is 0.252 e. The molecule has 1 aliphatic heterocycles. The van der Waals surface area contributed by atoms with E-state index in [4.69, 9.17) is 4.74 Å². The van der Waals surface area contributed by atoms with Gasteiger partial charge in [-0.15, -0.1) is 0 Å². The lowest BCUT2D eigenvalue weighted by Gasteiger charge is -2.39. The Hall–Kier alpha value is -4.03. The Morgan fingerprint density at radius 2 is 1.79 bits per heavy atom. The van der Waals surface area contributed by atoms with E-state index in [9.17, 15) is 14.3 Å². The lowest BCUT2D eigenvalue weighted by atomic mass is 9.80. The molecule has 5 rings (SSSR count). The number of ether oxygens (including phenoxy) is 1. The molecule has 4 aromatic rings. The number of nitrogens with zero attached hydrogens (tertiary/aromatic N) is 1. The van der Waals surface area contributed by atoms with Crippen LogP contribution in [0.4, 0.5) is 4.39 Å². The first-order valence-electron chi connectivity index (χ1n) is 11.1. The summed E-state index contributed by atoms with van der Waals surface area (Å²) >= 11 is 0. The van der Waals surface area contributed by atoms with Crippen LogP contribution in [0, 0.1) is 5.82 Å². The lowest BCUT2D eigenvalue weighted by molar-refractivity contribution is 0.0883. The highest BCUT2D eigenvalue weighted by Gasteiger charge is 2.42. The molecular formula is C28H23FN2O3. The first-order chi connectivity index (χ1) is 16.6. The topological polar surface area (TPSA) is 71.5 Å². The van der Waals surface area contributed by atoms with Crippen molar-refractivity contribution in [2.45, 2.75) is 18.6 Å². The van der Waals surface area contributed by atoms with Crippen molar-refractivity contribution >= 4 is 5.91 Å². The summed E-state index contributed by atoms with van der Waals surface area (Å²) in [6, 6.07) is 24.8. The number of aliphatic hydroxyl groups is 1. The number of hydrogen-bond acceptors (Lipinski definition) is 4. The SMILES string of the molecule is O=C(NC1(c2ccc(-c3cccc(CO)c3)cc2)CCOc2cccnc21)c1ccc(F)cc1. The van der Waals surface area contributed by atoms with Gasteiger partial charge in [0.15, 0.2) is 0 Å². The predicted octanol–water partition coefficient (Wildman–Crippen LogP) is 4.84. The summed E-state index contributed by atoms with van der Waals surface area (Å²) in [5.74, 6) is -0.101. The number of hydrogen-bond donors (Lipinski definition) is 2. The summed E-state index contributed by atoms with van der Waals surface area (Å²) in [6.45, 7) is 0.385. The molecule has 0 fully saturated rings. The van der Waals surface area contributed by atoms with Gasteiger partial charge in [0.05, 0.1) is 13.2 Å². The van der Waals surface area contributed by atoms with Crippen LogP contribution < -0.4 is 10.1 Å². The normalized spacial score (nSPS) is 16.9. The van der Waals surface area contributed by atoms with Crippen molar-refractivity contribution in [2.24, 2.45) is 0 Å². The van der Waals surface area contributed by atoms with Gasteiger partial charge in [-0.2, -0.15) is 0 Å². The van der Waals surface area contributed by atoms with E-state index in [-0.39, 0.29) is 12.5 Å². The van der Waals surface area contributed by atoms with Crippen LogP contribution in [0.3, 0.4) is 0 Å². The van der Waals surface area contributed by atoms with Crippen LogP contribution in [0.2, 0.25) is 0 Å². The Morgan fingerprint density at radius 1 is 1.00 bits per heavy atom. The second-order valence-corrected chi connectivity index (χ2v) is 8.25. The van der Waals surface area contributed by atoms with Gasteiger partial charge in [-0.25, -0.2) is 4.39 Å². The largest absolute Gasteiger partial charge is 0.491 e. The number of benzene rings is 3. The minimum Gasteiger partial charge on any atom is -0.491 e. The first-order valence-corrected chi connectivity index (χ1v) is 11.1. The summed E-state index contributed by atoms with van der Waals surface area (Å²) in [5.41, 5.74) is 3.78. The Bertz CT molecular complexity index is 1320. The van der Waals surface area contributed by atoms with E-state index >= 15 is 0 Å². The zero-order chi connectivity index (χ0) is 23.5. The minimum atomic E-state index is -0.911. The lowest BCUT2D eigenvalue weighted by Crippen LogP contribution is -2.50. The Morgan fingerprint density at radius 3 is 2.56 bits per heavy atom. The molecule has 1 atom stereocenters. The molecule has 0 bridgehead atoms. The van der Waals surface area contributed by atoms with E-state index in [2.05, 4.69) is 10.3 Å². The summed E-state index contributed by atoms with van der Waals surface area (Å²) < 4.78 is 19.2. The molecule has 6 heteroatoms. The van der Waals surface area contributed by atoms with Crippen molar-refractivity contribution in [3.8, 4) is 16.9 Å². The maximum atomic E-state index is 13.4. The summed E-state index contributed by atoms with van der Waals surface area (Å²) in [6.07, 6.45) is 2.17. The van der Waals surface area contributed by atoms with Crippen molar-refractivity contribution < 1.29 is 19.0 Å². The zero-order valence-corrected chi connectivity index (χ0v) is 18.4. The Balaban J connectivity index is 1.57. The third kappa shape index (κ3) is 4.04. The average Bonchev–Trinajstić information content (AvgIpc) is 2.89. The summed E-state index contributed by atoms with van der Waals surface area (Å²) in [7, 11) is 0. The monoisotopic (exact) mass is 454 g/mol. The summed E-state index contributed by atoms with van der Waals surface area (Å²) in [5, 5.41) is 12.6. The molecule has 0 aliphatic carbocycles. The van der Waals surface area contributed by atoms with E-state index < -0.39 is 11.4 Å². The second-order valence-electron chi connectivity index (χ2n) is 8.25. The second kappa shape index (κ2) is 9.08. The molecule has 0 radical (unpaired) electrons. The molecule has 1 aliphatic rings. The number of rotatable bonds is 5. The van der Waals surface area contributed by atoms with Gasteiger partial charge in [-0.3, -0.25) is 9.78 Å². The Kier molecular flexibility index (Phi) is 5.82. The highest BCUT2D eigenvalue weighted by molar-refractivity contribution is 5.95. The fraction of sp³-hybridized carbons (Fsp3) is 0.143. The smallest absolute Gasteiger partial charge is 0.252 e. The van der Waals surface area contributed by atoms with Gasteiger partial charge in [0.25, 0.3) is 5.91 Å². The molecule has 5 nitrogen and oxygen atoms in total. The number of halogens is 1. The molecule has 2 heterocycles. The predicted molar refractivity (Wildman–Crippen MR) is 127 cm³/mol. The maximum absolute atomic E-state index is 13.4. The number of aliphatic hydroxyl groups excluding tert-OH is 1. The van der Waals surface area contributed by atoms with Gasteiger partial charge >= 0.3 is 0 Å². The summed E-state index contributed by atoms with van der Waals surface area (Å²) in [4.78, 5) is 17.8. The minimum absolute atomic E-state index is 0.0209. The third-order valence-electron chi connectivity index (χ3n) is 6.16. The quantitative estimate of drug-likeness (QED) is 0.453. The van der Waals surface area contributed by atoms with E-state index in [0.717, 1.165) is 22.3 Å². The van der Waals surface area contributed by atoms with Crippen LogP contribution in [-0.4, -0.2) is 22.6 Å². The van der Waals surface area contributed by atoms with Crippen LogP contribution in [-0.2, 0) is 12.1 Å². The van der Waals surface area contributed by atoms with Gasteiger partial charge in [-0.05, 0) is 64.7 Å². The van der Waals surface area contributed by atoms with Crippen molar-refractivity contribution in [3.63, 3.8) is 0 Å². The highest BCUT2D eigenvalue weighted by Crippen LogP contribution is 2.41. The molecule has 1 aromatic heterocycles. The zero-order valence-electron chi connectivity index (χ0n) is 18.4. The molecule has 34 heavy (non-hydrogen) atoms. The number of pyridine rings is 1.